The second kappa shape index (κ2) is 7.51. The van der Waals surface area contributed by atoms with E-state index < -0.39 is 5.54 Å². The zero-order valence-corrected chi connectivity index (χ0v) is 13.7. The summed E-state index contributed by atoms with van der Waals surface area (Å²) in [6.07, 6.45) is 7.77. The summed E-state index contributed by atoms with van der Waals surface area (Å²) in [7, 11) is 0. The molecule has 0 aliphatic carbocycles. The van der Waals surface area contributed by atoms with Gasteiger partial charge in [-0.2, -0.15) is 16.9 Å². The summed E-state index contributed by atoms with van der Waals surface area (Å²) in [5.41, 5.74) is -0.502. The first-order valence-electron chi connectivity index (χ1n) is 7.42. The van der Waals surface area contributed by atoms with Crippen molar-refractivity contribution >= 4 is 30.1 Å². The van der Waals surface area contributed by atoms with Crippen molar-refractivity contribution in [1.29, 1.82) is 0 Å². The molecular formula is C14H23ClN4OS. The van der Waals surface area contributed by atoms with E-state index in [1.807, 2.05) is 28.7 Å². The molecule has 1 aromatic heterocycles. The van der Waals surface area contributed by atoms with Crippen molar-refractivity contribution in [2.75, 3.05) is 25.4 Å². The van der Waals surface area contributed by atoms with Crippen molar-refractivity contribution in [1.82, 2.24) is 20.4 Å². The van der Waals surface area contributed by atoms with Crippen molar-refractivity contribution in [3.05, 3.63) is 18.5 Å². The second-order valence-electron chi connectivity index (χ2n) is 5.58. The maximum absolute atomic E-state index is 12.8. The first-order valence-corrected chi connectivity index (χ1v) is 8.47. The molecule has 3 heterocycles. The first kappa shape index (κ1) is 16.6. The van der Waals surface area contributed by atoms with E-state index in [0.29, 0.717) is 5.25 Å². The van der Waals surface area contributed by atoms with Gasteiger partial charge in [-0.1, -0.05) is 0 Å². The highest BCUT2D eigenvalue weighted by Crippen LogP contribution is 2.28. The van der Waals surface area contributed by atoms with Gasteiger partial charge in [0.05, 0.1) is 0 Å². The van der Waals surface area contributed by atoms with Gasteiger partial charge >= 0.3 is 0 Å². The monoisotopic (exact) mass is 330 g/mol. The predicted octanol–water partition coefficient (Wildman–Crippen LogP) is 1.40. The minimum atomic E-state index is -0.502. The van der Waals surface area contributed by atoms with Gasteiger partial charge in [0.2, 0.25) is 5.91 Å². The van der Waals surface area contributed by atoms with Crippen LogP contribution in [-0.4, -0.2) is 46.3 Å². The van der Waals surface area contributed by atoms with E-state index in [9.17, 15) is 4.79 Å². The van der Waals surface area contributed by atoms with Crippen molar-refractivity contribution < 1.29 is 4.79 Å². The number of carbonyl (C=O) groups is 1. The molecule has 2 aliphatic rings. The normalized spacial score (nSPS) is 24.3. The Hall–Kier alpha value is -0.720. The lowest BCUT2D eigenvalue weighted by Crippen LogP contribution is -2.55. The molecule has 7 heteroatoms. The Kier molecular flexibility index (Phi) is 5.96. The summed E-state index contributed by atoms with van der Waals surface area (Å²) in [4.78, 5) is 12.8. The number of halogens is 1. The highest BCUT2D eigenvalue weighted by molar-refractivity contribution is 8.00. The molecule has 5 nitrogen and oxygen atoms in total. The first-order chi connectivity index (χ1) is 9.81. The number of nitrogens with one attached hydrogen (secondary N) is 2. The fraction of sp³-hybridized carbons (Fsp3) is 0.714. The third-order valence-electron chi connectivity index (χ3n) is 4.31. The van der Waals surface area contributed by atoms with Crippen LogP contribution in [0, 0.1) is 0 Å². The molecule has 3 rings (SSSR count). The Morgan fingerprint density at radius 3 is 2.90 bits per heavy atom. The van der Waals surface area contributed by atoms with Crippen LogP contribution in [0.25, 0.3) is 0 Å². The van der Waals surface area contributed by atoms with Crippen LogP contribution >= 0.6 is 24.2 Å². The molecule has 0 bridgehead atoms. The summed E-state index contributed by atoms with van der Waals surface area (Å²) < 4.78 is 1.85. The Morgan fingerprint density at radius 2 is 2.29 bits per heavy atom. The van der Waals surface area contributed by atoms with Gasteiger partial charge in [-0.15, -0.1) is 12.4 Å². The molecule has 0 spiro atoms. The smallest absolute Gasteiger partial charge is 0.248 e. The maximum atomic E-state index is 12.8. The van der Waals surface area contributed by atoms with Crippen LogP contribution in [0.5, 0.6) is 0 Å². The standard InChI is InChI=1S/C14H22N4OS.ClH/c19-13(16-11-12-3-1-10-20-12)14(4-7-15-8-5-14)18-9-2-6-17-18;/h2,6,9,12,15H,1,3-5,7-8,10-11H2,(H,16,19);1H. The van der Waals surface area contributed by atoms with Crippen LogP contribution < -0.4 is 10.6 Å². The Labute approximate surface area is 136 Å². The largest absolute Gasteiger partial charge is 0.353 e. The van der Waals surface area contributed by atoms with E-state index in [0.717, 1.165) is 32.5 Å². The lowest BCUT2D eigenvalue weighted by molar-refractivity contribution is -0.132. The number of aromatic nitrogens is 2. The van der Waals surface area contributed by atoms with Gasteiger partial charge < -0.3 is 10.6 Å². The molecule has 2 fully saturated rings. The van der Waals surface area contributed by atoms with E-state index in [4.69, 9.17) is 0 Å². The molecular weight excluding hydrogens is 308 g/mol. The lowest BCUT2D eigenvalue weighted by Gasteiger charge is -2.36. The van der Waals surface area contributed by atoms with Crippen LogP contribution in [0.4, 0.5) is 0 Å². The highest BCUT2D eigenvalue weighted by atomic mass is 35.5. The summed E-state index contributed by atoms with van der Waals surface area (Å²) in [5, 5.41) is 11.4. The van der Waals surface area contributed by atoms with Gasteiger partial charge in [0.1, 0.15) is 5.54 Å². The van der Waals surface area contributed by atoms with Crippen molar-refractivity contribution in [2.24, 2.45) is 0 Å². The van der Waals surface area contributed by atoms with Gasteiger partial charge in [0.15, 0.2) is 0 Å². The van der Waals surface area contributed by atoms with Crippen LogP contribution in [0.3, 0.4) is 0 Å². The zero-order chi connectivity index (χ0) is 13.8. The van der Waals surface area contributed by atoms with Crippen molar-refractivity contribution in [3.63, 3.8) is 0 Å². The van der Waals surface area contributed by atoms with E-state index >= 15 is 0 Å². The molecule has 1 aromatic rings. The summed E-state index contributed by atoms with van der Waals surface area (Å²) in [5.74, 6) is 1.37. The number of amides is 1. The molecule has 118 valence electrons. The Balaban J connectivity index is 0.00000161. The fourth-order valence-electron chi connectivity index (χ4n) is 3.10. The molecule has 1 unspecified atom stereocenters. The van der Waals surface area contributed by atoms with Gasteiger partial charge in [-0.05, 0) is 50.6 Å². The number of thioether (sulfide) groups is 1. The van der Waals surface area contributed by atoms with Crippen LogP contribution in [-0.2, 0) is 10.3 Å². The minimum absolute atomic E-state index is 0. The average molecular weight is 331 g/mol. The molecule has 0 saturated carbocycles. The molecule has 0 aromatic carbocycles. The maximum Gasteiger partial charge on any atom is 0.248 e. The third-order valence-corrected chi connectivity index (χ3v) is 5.71. The van der Waals surface area contributed by atoms with Crippen LogP contribution in [0.1, 0.15) is 25.7 Å². The zero-order valence-electron chi connectivity index (χ0n) is 12.1. The Bertz CT molecular complexity index is 442. The molecule has 1 atom stereocenters. The lowest BCUT2D eigenvalue weighted by atomic mass is 9.87. The molecule has 21 heavy (non-hydrogen) atoms. The summed E-state index contributed by atoms with van der Waals surface area (Å²) in [6, 6.07) is 1.89. The number of hydrogen-bond donors (Lipinski definition) is 2. The second-order valence-corrected chi connectivity index (χ2v) is 6.99. The van der Waals surface area contributed by atoms with Gasteiger partial charge in [-0.25, -0.2) is 0 Å². The van der Waals surface area contributed by atoms with E-state index in [1.165, 1.54) is 18.6 Å². The SMILES string of the molecule is Cl.O=C(NCC1CCCS1)C1(n2cccn2)CCNCC1. The summed E-state index contributed by atoms with van der Waals surface area (Å²) in [6.45, 7) is 2.52. The van der Waals surface area contributed by atoms with E-state index in [1.54, 1.807) is 6.20 Å². The number of hydrogen-bond acceptors (Lipinski definition) is 4. The molecule has 2 aliphatic heterocycles. The van der Waals surface area contributed by atoms with E-state index in [2.05, 4.69) is 15.7 Å². The molecule has 2 saturated heterocycles. The predicted molar refractivity (Wildman–Crippen MR) is 88.0 cm³/mol. The average Bonchev–Trinajstić information content (AvgIpc) is 3.18. The molecule has 0 radical (unpaired) electrons. The minimum Gasteiger partial charge on any atom is -0.353 e. The van der Waals surface area contributed by atoms with Crippen LogP contribution in [0.15, 0.2) is 18.5 Å². The van der Waals surface area contributed by atoms with Gasteiger partial charge in [-0.3, -0.25) is 9.48 Å². The number of nitrogens with zero attached hydrogens (tertiary/aromatic N) is 2. The quantitative estimate of drug-likeness (QED) is 0.876. The summed E-state index contributed by atoms with van der Waals surface area (Å²) >= 11 is 1.98. The Morgan fingerprint density at radius 1 is 1.48 bits per heavy atom. The van der Waals surface area contributed by atoms with Crippen molar-refractivity contribution in [2.45, 2.75) is 36.5 Å². The number of piperidine rings is 1. The third kappa shape index (κ3) is 3.55. The van der Waals surface area contributed by atoms with E-state index in [-0.39, 0.29) is 18.3 Å². The highest BCUT2D eigenvalue weighted by Gasteiger charge is 2.42. The number of carbonyl (C=O) groups excluding carboxylic acids is 1. The van der Waals surface area contributed by atoms with Gasteiger partial charge in [0.25, 0.3) is 0 Å². The number of rotatable bonds is 4. The molecule has 1 amide bonds. The topological polar surface area (TPSA) is 59.0 Å². The fourth-order valence-corrected chi connectivity index (χ4v) is 4.30. The van der Waals surface area contributed by atoms with Crippen molar-refractivity contribution in [3.8, 4) is 0 Å². The molecule has 2 N–H and O–H groups in total. The van der Waals surface area contributed by atoms with Gasteiger partial charge in [0, 0.05) is 24.2 Å². The van der Waals surface area contributed by atoms with Crippen LogP contribution in [0.2, 0.25) is 0 Å².